The molecule has 4 heteroatoms. The van der Waals surface area contributed by atoms with Crippen LogP contribution in [0.15, 0.2) is 18.2 Å². The van der Waals surface area contributed by atoms with Crippen molar-refractivity contribution in [2.45, 2.75) is 13.8 Å². The predicted molar refractivity (Wildman–Crippen MR) is 66.7 cm³/mol. The van der Waals surface area contributed by atoms with Crippen LogP contribution in [0.5, 0.6) is 0 Å². The highest BCUT2D eigenvalue weighted by Crippen LogP contribution is 2.27. The third-order valence-corrected chi connectivity index (χ3v) is 2.38. The van der Waals surface area contributed by atoms with E-state index in [1.807, 2.05) is 12.1 Å². The maximum Gasteiger partial charge on any atom is 0.0660 e. The summed E-state index contributed by atoms with van der Waals surface area (Å²) in [6.45, 7) is 6.13. The Morgan fingerprint density at radius 3 is 2.29 bits per heavy atom. The molecule has 0 atom stereocenters. The van der Waals surface area contributed by atoms with E-state index < -0.39 is 0 Å². The van der Waals surface area contributed by atoms with E-state index in [-0.39, 0.29) is 12.4 Å². The average Bonchev–Trinajstić information content (AvgIpc) is 2.10. The van der Waals surface area contributed by atoms with Gasteiger partial charge in [0.1, 0.15) is 0 Å². The Labute approximate surface area is 96.4 Å². The van der Waals surface area contributed by atoms with E-state index in [0.717, 1.165) is 23.8 Å². The summed E-state index contributed by atoms with van der Waals surface area (Å²) >= 11 is 6.06. The van der Waals surface area contributed by atoms with Gasteiger partial charge in [-0.05, 0) is 32.0 Å². The lowest BCUT2D eigenvalue weighted by Gasteiger charge is -2.22. The fourth-order valence-corrected chi connectivity index (χ4v) is 1.65. The third-order valence-electron chi connectivity index (χ3n) is 2.08. The van der Waals surface area contributed by atoms with Gasteiger partial charge in [0, 0.05) is 18.8 Å². The van der Waals surface area contributed by atoms with Crippen LogP contribution in [0.3, 0.4) is 0 Å². The number of nitrogens with two attached hydrogens (primary N) is 1. The van der Waals surface area contributed by atoms with E-state index in [9.17, 15) is 0 Å². The van der Waals surface area contributed by atoms with Crippen molar-refractivity contribution in [1.82, 2.24) is 0 Å². The zero-order valence-corrected chi connectivity index (χ0v) is 10.0. The monoisotopic (exact) mass is 234 g/mol. The highest BCUT2D eigenvalue weighted by molar-refractivity contribution is 6.33. The van der Waals surface area contributed by atoms with Crippen molar-refractivity contribution < 1.29 is 0 Å². The smallest absolute Gasteiger partial charge is 0.0660 e. The minimum atomic E-state index is 0. The maximum absolute atomic E-state index is 6.06. The van der Waals surface area contributed by atoms with Crippen molar-refractivity contribution in [3.05, 3.63) is 23.2 Å². The van der Waals surface area contributed by atoms with E-state index in [0.29, 0.717) is 5.69 Å². The number of halogens is 2. The third kappa shape index (κ3) is 2.96. The summed E-state index contributed by atoms with van der Waals surface area (Å²) in [7, 11) is 0. The zero-order valence-electron chi connectivity index (χ0n) is 8.46. The van der Waals surface area contributed by atoms with Crippen molar-refractivity contribution in [2.75, 3.05) is 23.7 Å². The van der Waals surface area contributed by atoms with Crippen LogP contribution in [0.1, 0.15) is 13.8 Å². The van der Waals surface area contributed by atoms with E-state index in [1.54, 1.807) is 6.07 Å². The van der Waals surface area contributed by atoms with Gasteiger partial charge < -0.3 is 10.6 Å². The second kappa shape index (κ2) is 5.99. The van der Waals surface area contributed by atoms with Crippen LogP contribution in [-0.2, 0) is 0 Å². The molecule has 0 heterocycles. The van der Waals surface area contributed by atoms with E-state index in [2.05, 4.69) is 18.7 Å². The van der Waals surface area contributed by atoms with Crippen LogP contribution in [0.2, 0.25) is 5.02 Å². The molecule has 2 N–H and O–H groups in total. The molecule has 1 rings (SSSR count). The maximum atomic E-state index is 6.06. The summed E-state index contributed by atoms with van der Waals surface area (Å²) < 4.78 is 0. The number of nitrogens with zero attached hydrogens (tertiary/aromatic N) is 1. The van der Waals surface area contributed by atoms with Crippen LogP contribution in [0.4, 0.5) is 11.4 Å². The molecule has 1 aromatic carbocycles. The number of rotatable bonds is 3. The second-order valence-corrected chi connectivity index (χ2v) is 3.29. The van der Waals surface area contributed by atoms with Gasteiger partial charge in [0.15, 0.2) is 0 Å². The number of hydrogen-bond donors (Lipinski definition) is 1. The molecule has 2 nitrogen and oxygen atoms in total. The van der Waals surface area contributed by atoms with Crippen LogP contribution in [0, 0.1) is 0 Å². The van der Waals surface area contributed by atoms with Gasteiger partial charge in [0.05, 0.1) is 10.7 Å². The van der Waals surface area contributed by atoms with Gasteiger partial charge in [-0.3, -0.25) is 0 Å². The Hall–Kier alpha value is -0.600. The number of benzene rings is 1. The SMILES string of the molecule is CCN(CC)c1ccc(N)cc1Cl.Cl. The average molecular weight is 235 g/mol. The van der Waals surface area contributed by atoms with Gasteiger partial charge in [-0.2, -0.15) is 0 Å². The first kappa shape index (κ1) is 13.4. The fraction of sp³-hybridized carbons (Fsp3) is 0.400. The lowest BCUT2D eigenvalue weighted by molar-refractivity contribution is 0.866. The molecular weight excluding hydrogens is 219 g/mol. The summed E-state index contributed by atoms with van der Waals surface area (Å²) in [6, 6.07) is 5.62. The molecule has 0 saturated heterocycles. The second-order valence-electron chi connectivity index (χ2n) is 2.88. The standard InChI is InChI=1S/C10H15ClN2.ClH/c1-3-13(4-2)10-6-5-8(12)7-9(10)11;/h5-7H,3-4,12H2,1-2H3;1H. The Kier molecular flexibility index (Phi) is 5.73. The molecule has 14 heavy (non-hydrogen) atoms. The highest BCUT2D eigenvalue weighted by atomic mass is 35.5. The van der Waals surface area contributed by atoms with Gasteiger partial charge in [-0.15, -0.1) is 12.4 Å². The van der Waals surface area contributed by atoms with Crippen LogP contribution in [-0.4, -0.2) is 13.1 Å². The van der Waals surface area contributed by atoms with Gasteiger partial charge in [-0.1, -0.05) is 11.6 Å². The van der Waals surface area contributed by atoms with Gasteiger partial charge >= 0.3 is 0 Å². The first-order valence-electron chi connectivity index (χ1n) is 4.49. The minimum absolute atomic E-state index is 0. The summed E-state index contributed by atoms with van der Waals surface area (Å²) in [5.74, 6) is 0. The van der Waals surface area contributed by atoms with E-state index >= 15 is 0 Å². The molecular formula is C10H16Cl2N2. The summed E-state index contributed by atoms with van der Waals surface area (Å²) in [5.41, 5.74) is 7.37. The lowest BCUT2D eigenvalue weighted by atomic mass is 10.2. The topological polar surface area (TPSA) is 29.3 Å². The van der Waals surface area contributed by atoms with Gasteiger partial charge in [-0.25, -0.2) is 0 Å². The first-order chi connectivity index (χ1) is 6.19. The molecule has 80 valence electrons. The van der Waals surface area contributed by atoms with Crippen molar-refractivity contribution in [3.63, 3.8) is 0 Å². The molecule has 0 amide bonds. The fourth-order valence-electron chi connectivity index (χ4n) is 1.34. The Bertz CT molecular complexity index is 285. The van der Waals surface area contributed by atoms with Crippen molar-refractivity contribution in [2.24, 2.45) is 0 Å². The quantitative estimate of drug-likeness (QED) is 0.815. The molecule has 0 aliphatic rings. The van der Waals surface area contributed by atoms with E-state index in [4.69, 9.17) is 17.3 Å². The largest absolute Gasteiger partial charge is 0.399 e. The molecule has 0 spiro atoms. The Balaban J connectivity index is 0.00000169. The zero-order chi connectivity index (χ0) is 9.84. The summed E-state index contributed by atoms with van der Waals surface area (Å²) in [6.07, 6.45) is 0. The number of anilines is 2. The molecule has 0 aliphatic heterocycles. The highest BCUT2D eigenvalue weighted by Gasteiger charge is 2.05. The molecule has 1 aromatic rings. The Morgan fingerprint density at radius 1 is 1.29 bits per heavy atom. The van der Waals surface area contributed by atoms with Gasteiger partial charge in [0.2, 0.25) is 0 Å². The normalized spacial score (nSPS) is 9.36. The summed E-state index contributed by atoms with van der Waals surface area (Å²) in [4.78, 5) is 2.20. The molecule has 0 aromatic heterocycles. The van der Waals surface area contributed by atoms with Crippen LogP contribution < -0.4 is 10.6 Å². The lowest BCUT2D eigenvalue weighted by Crippen LogP contribution is -2.22. The number of nitrogen functional groups attached to an aromatic ring is 1. The first-order valence-corrected chi connectivity index (χ1v) is 4.86. The molecule has 0 fully saturated rings. The predicted octanol–water partition coefficient (Wildman–Crippen LogP) is 3.19. The van der Waals surface area contributed by atoms with Crippen molar-refractivity contribution in [3.8, 4) is 0 Å². The molecule has 0 aliphatic carbocycles. The number of hydrogen-bond acceptors (Lipinski definition) is 2. The summed E-state index contributed by atoms with van der Waals surface area (Å²) in [5, 5.41) is 0.726. The van der Waals surface area contributed by atoms with Gasteiger partial charge in [0.25, 0.3) is 0 Å². The minimum Gasteiger partial charge on any atom is -0.399 e. The molecule has 0 bridgehead atoms. The van der Waals surface area contributed by atoms with Crippen molar-refractivity contribution in [1.29, 1.82) is 0 Å². The van der Waals surface area contributed by atoms with Crippen LogP contribution >= 0.6 is 24.0 Å². The van der Waals surface area contributed by atoms with Crippen molar-refractivity contribution >= 4 is 35.4 Å². The molecule has 0 radical (unpaired) electrons. The molecule has 0 saturated carbocycles. The van der Waals surface area contributed by atoms with Crippen LogP contribution in [0.25, 0.3) is 0 Å². The Morgan fingerprint density at radius 2 is 1.86 bits per heavy atom. The molecule has 0 unspecified atom stereocenters. The van der Waals surface area contributed by atoms with E-state index in [1.165, 1.54) is 0 Å².